The third kappa shape index (κ3) is 6.35. The Morgan fingerprint density at radius 2 is 2.04 bits per heavy atom. The molecule has 1 unspecified atom stereocenters. The van der Waals surface area contributed by atoms with E-state index in [1.807, 2.05) is 6.92 Å². The number of nitrogens with one attached hydrogen (secondary N) is 2. The minimum atomic E-state index is -0.223. The smallest absolute Gasteiger partial charge is 0.409 e. The highest BCUT2D eigenvalue weighted by molar-refractivity contribution is 5.76. The van der Waals surface area contributed by atoms with Crippen LogP contribution in [0.4, 0.5) is 4.79 Å². The summed E-state index contributed by atoms with van der Waals surface area (Å²) in [4.78, 5) is 25.1. The molecule has 2 heterocycles. The maximum atomic E-state index is 11.8. The number of piperidine rings is 1. The van der Waals surface area contributed by atoms with Crippen molar-refractivity contribution in [2.45, 2.75) is 51.2 Å². The van der Waals surface area contributed by atoms with Crippen molar-refractivity contribution < 1.29 is 19.1 Å². The van der Waals surface area contributed by atoms with Gasteiger partial charge in [-0.2, -0.15) is 0 Å². The Kier molecular flexibility index (Phi) is 7.61. The maximum Gasteiger partial charge on any atom is 0.409 e. The lowest BCUT2D eigenvalue weighted by Crippen LogP contribution is -2.45. The average molecular weight is 327 g/mol. The van der Waals surface area contributed by atoms with Gasteiger partial charge in [0, 0.05) is 45.2 Å². The Labute approximate surface area is 138 Å². The highest BCUT2D eigenvalue weighted by Gasteiger charge is 2.23. The van der Waals surface area contributed by atoms with Crippen LogP contribution in [0.1, 0.15) is 39.0 Å². The molecule has 2 fully saturated rings. The SMILES string of the molecule is CCOC(=O)N1CCC(NCCC(=O)NCC2CCCO2)CC1. The largest absolute Gasteiger partial charge is 0.450 e. The highest BCUT2D eigenvalue weighted by atomic mass is 16.6. The van der Waals surface area contributed by atoms with Gasteiger partial charge in [0.1, 0.15) is 0 Å². The lowest BCUT2D eigenvalue weighted by Gasteiger charge is -2.31. The molecule has 1 atom stereocenters. The number of hydrogen-bond donors (Lipinski definition) is 2. The van der Waals surface area contributed by atoms with E-state index in [-0.39, 0.29) is 18.1 Å². The van der Waals surface area contributed by atoms with Crippen LogP contribution < -0.4 is 10.6 Å². The van der Waals surface area contributed by atoms with E-state index in [4.69, 9.17) is 9.47 Å². The maximum absolute atomic E-state index is 11.8. The summed E-state index contributed by atoms with van der Waals surface area (Å²) < 4.78 is 10.5. The molecule has 2 amide bonds. The molecule has 2 saturated heterocycles. The van der Waals surface area contributed by atoms with Gasteiger partial charge in [-0.15, -0.1) is 0 Å². The topological polar surface area (TPSA) is 79.9 Å². The summed E-state index contributed by atoms with van der Waals surface area (Å²) in [6.45, 7) is 5.75. The second-order valence-electron chi connectivity index (χ2n) is 6.10. The van der Waals surface area contributed by atoms with Crippen LogP contribution in [0.5, 0.6) is 0 Å². The van der Waals surface area contributed by atoms with Gasteiger partial charge < -0.3 is 25.0 Å². The molecule has 0 radical (unpaired) electrons. The van der Waals surface area contributed by atoms with Crippen LogP contribution in [-0.4, -0.2) is 68.4 Å². The molecule has 0 spiro atoms. The third-order valence-electron chi connectivity index (χ3n) is 4.36. The second-order valence-corrected chi connectivity index (χ2v) is 6.10. The first-order valence-electron chi connectivity index (χ1n) is 8.72. The first kappa shape index (κ1) is 18.0. The van der Waals surface area contributed by atoms with Crippen molar-refractivity contribution in [2.75, 3.05) is 39.4 Å². The molecule has 23 heavy (non-hydrogen) atoms. The van der Waals surface area contributed by atoms with Gasteiger partial charge in [0.25, 0.3) is 0 Å². The average Bonchev–Trinajstić information content (AvgIpc) is 3.07. The quantitative estimate of drug-likeness (QED) is 0.726. The predicted molar refractivity (Wildman–Crippen MR) is 86.2 cm³/mol. The molecule has 2 rings (SSSR count). The molecule has 0 aromatic heterocycles. The molecule has 7 heteroatoms. The number of carbonyl (C=O) groups excluding carboxylic acids is 2. The van der Waals surface area contributed by atoms with Crippen LogP contribution in [0, 0.1) is 0 Å². The molecule has 2 aliphatic rings. The monoisotopic (exact) mass is 327 g/mol. The molecule has 7 nitrogen and oxygen atoms in total. The van der Waals surface area contributed by atoms with Crippen molar-refractivity contribution in [2.24, 2.45) is 0 Å². The Morgan fingerprint density at radius 1 is 1.26 bits per heavy atom. The van der Waals surface area contributed by atoms with Crippen LogP contribution in [0.25, 0.3) is 0 Å². The van der Waals surface area contributed by atoms with Crippen molar-refractivity contribution in [1.29, 1.82) is 0 Å². The van der Waals surface area contributed by atoms with E-state index < -0.39 is 0 Å². The van der Waals surface area contributed by atoms with Crippen LogP contribution in [0.15, 0.2) is 0 Å². The third-order valence-corrected chi connectivity index (χ3v) is 4.36. The van der Waals surface area contributed by atoms with E-state index in [2.05, 4.69) is 10.6 Å². The fourth-order valence-corrected chi connectivity index (χ4v) is 2.99. The fraction of sp³-hybridized carbons (Fsp3) is 0.875. The normalized spacial score (nSPS) is 22.1. The summed E-state index contributed by atoms with van der Waals surface area (Å²) in [6, 6.07) is 0.367. The van der Waals surface area contributed by atoms with Crippen molar-refractivity contribution in [3.8, 4) is 0 Å². The first-order valence-corrected chi connectivity index (χ1v) is 8.72. The molecule has 0 saturated carbocycles. The Hall–Kier alpha value is -1.34. The van der Waals surface area contributed by atoms with Gasteiger partial charge in [-0.05, 0) is 32.6 Å². The molecular weight excluding hydrogens is 298 g/mol. The predicted octanol–water partition coefficient (Wildman–Crippen LogP) is 0.882. The standard InChI is InChI=1S/C16H29N3O4/c1-2-22-16(21)19-9-6-13(7-10-19)17-8-5-15(20)18-12-14-4-3-11-23-14/h13-14,17H,2-12H2,1H3,(H,18,20). The van der Waals surface area contributed by atoms with E-state index in [0.29, 0.717) is 45.2 Å². The summed E-state index contributed by atoms with van der Waals surface area (Å²) in [5, 5.41) is 6.33. The number of ether oxygens (including phenoxy) is 2. The van der Waals surface area contributed by atoms with Gasteiger partial charge >= 0.3 is 6.09 Å². The van der Waals surface area contributed by atoms with E-state index in [9.17, 15) is 9.59 Å². The molecule has 0 aliphatic carbocycles. The zero-order valence-corrected chi connectivity index (χ0v) is 14.0. The zero-order chi connectivity index (χ0) is 16.5. The van der Waals surface area contributed by atoms with Crippen LogP contribution in [0.3, 0.4) is 0 Å². The van der Waals surface area contributed by atoms with E-state index in [1.54, 1.807) is 4.90 Å². The van der Waals surface area contributed by atoms with Crippen molar-refractivity contribution in [3.63, 3.8) is 0 Å². The van der Waals surface area contributed by atoms with E-state index >= 15 is 0 Å². The minimum absolute atomic E-state index is 0.0666. The van der Waals surface area contributed by atoms with Gasteiger partial charge in [0.05, 0.1) is 12.7 Å². The van der Waals surface area contributed by atoms with Gasteiger partial charge in [-0.25, -0.2) is 4.79 Å². The number of amides is 2. The summed E-state index contributed by atoms with van der Waals surface area (Å²) in [6.07, 6.45) is 4.38. The lowest BCUT2D eigenvalue weighted by molar-refractivity contribution is -0.121. The lowest BCUT2D eigenvalue weighted by atomic mass is 10.1. The summed E-state index contributed by atoms with van der Waals surface area (Å²) in [5.41, 5.74) is 0. The summed E-state index contributed by atoms with van der Waals surface area (Å²) >= 11 is 0. The molecule has 2 N–H and O–H groups in total. The number of rotatable bonds is 7. The number of carbonyl (C=O) groups is 2. The molecule has 0 aromatic rings. The van der Waals surface area contributed by atoms with Crippen molar-refractivity contribution in [3.05, 3.63) is 0 Å². The van der Waals surface area contributed by atoms with E-state index in [1.165, 1.54) is 0 Å². The zero-order valence-electron chi connectivity index (χ0n) is 14.0. The molecule has 0 bridgehead atoms. The highest BCUT2D eigenvalue weighted by Crippen LogP contribution is 2.12. The van der Waals surface area contributed by atoms with E-state index in [0.717, 1.165) is 32.3 Å². The summed E-state index contributed by atoms with van der Waals surface area (Å²) in [7, 11) is 0. The van der Waals surface area contributed by atoms with Crippen molar-refractivity contribution in [1.82, 2.24) is 15.5 Å². The van der Waals surface area contributed by atoms with Gasteiger partial charge in [0.2, 0.25) is 5.91 Å². The van der Waals surface area contributed by atoms with Gasteiger partial charge in [-0.1, -0.05) is 0 Å². The van der Waals surface area contributed by atoms with Gasteiger partial charge in [-0.3, -0.25) is 4.79 Å². The first-order chi connectivity index (χ1) is 11.2. The number of nitrogens with zero attached hydrogens (tertiary/aromatic N) is 1. The second kappa shape index (κ2) is 9.72. The minimum Gasteiger partial charge on any atom is -0.450 e. The Bertz CT molecular complexity index is 378. The summed E-state index contributed by atoms with van der Waals surface area (Å²) in [5.74, 6) is 0.0666. The van der Waals surface area contributed by atoms with Gasteiger partial charge in [0.15, 0.2) is 0 Å². The molecule has 132 valence electrons. The van der Waals surface area contributed by atoms with Crippen LogP contribution in [-0.2, 0) is 14.3 Å². The number of likely N-dealkylation sites (tertiary alicyclic amines) is 1. The van der Waals surface area contributed by atoms with Crippen molar-refractivity contribution >= 4 is 12.0 Å². The number of hydrogen-bond acceptors (Lipinski definition) is 5. The molecular formula is C16H29N3O4. The Morgan fingerprint density at radius 3 is 2.70 bits per heavy atom. The van der Waals surface area contributed by atoms with Crippen LogP contribution in [0.2, 0.25) is 0 Å². The fourth-order valence-electron chi connectivity index (χ4n) is 2.99. The molecule has 2 aliphatic heterocycles. The van der Waals surface area contributed by atoms with Crippen LogP contribution >= 0.6 is 0 Å². The molecule has 0 aromatic carbocycles. The Balaban J connectivity index is 1.51.